The van der Waals surface area contributed by atoms with Gasteiger partial charge in [0.2, 0.25) is 0 Å². The topological polar surface area (TPSA) is 72.0 Å². The molecule has 0 bridgehead atoms. The van der Waals surface area contributed by atoms with E-state index < -0.39 is 0 Å². The zero-order valence-corrected chi connectivity index (χ0v) is 12.0. The highest BCUT2D eigenvalue weighted by atomic mass is 32.1. The summed E-state index contributed by atoms with van der Waals surface area (Å²) in [5.41, 5.74) is 13.0. The summed E-state index contributed by atoms with van der Waals surface area (Å²) in [6, 6.07) is 7.79. The van der Waals surface area contributed by atoms with Crippen molar-refractivity contribution >= 4 is 27.8 Å². The zero-order chi connectivity index (χ0) is 13.7. The van der Waals surface area contributed by atoms with Crippen LogP contribution in [0.15, 0.2) is 24.3 Å². The second-order valence-electron chi connectivity index (χ2n) is 4.07. The summed E-state index contributed by atoms with van der Waals surface area (Å²) < 4.78 is 1.67. The summed E-state index contributed by atoms with van der Waals surface area (Å²) in [4.78, 5) is 2.04. The fourth-order valence-electron chi connectivity index (χ4n) is 1.27. The third-order valence-electron chi connectivity index (χ3n) is 2.27. The van der Waals surface area contributed by atoms with Crippen molar-refractivity contribution in [3.63, 3.8) is 0 Å². The molecule has 98 valence electrons. The molecule has 2 rings (SSSR count). The maximum atomic E-state index is 5.51. The fourth-order valence-corrected chi connectivity index (χ4v) is 1.91. The smallest absolute Gasteiger partial charge is 0.353 e. The number of anilines is 3. The first-order valence-corrected chi connectivity index (χ1v) is 6.34. The van der Waals surface area contributed by atoms with E-state index in [9.17, 15) is 0 Å². The van der Waals surface area contributed by atoms with Gasteiger partial charge in [-0.1, -0.05) is 5.10 Å². The normalized spacial score (nSPS) is 9.56. The minimum atomic E-state index is 0.752. The molecule has 0 amide bonds. The molecule has 0 spiro atoms. The van der Waals surface area contributed by atoms with Crippen LogP contribution in [0, 0.1) is 6.92 Å². The predicted octanol–water partition coefficient (Wildman–Crippen LogP) is 1.19. The Hall–Kier alpha value is -1.82. The average molecular weight is 266 g/mol. The van der Waals surface area contributed by atoms with E-state index in [-0.39, 0.29) is 0 Å². The largest absolute Gasteiger partial charge is 0.399 e. The Bertz CT molecular complexity index is 470. The lowest BCUT2D eigenvalue weighted by Crippen LogP contribution is -2.32. The number of hydrogen-bond donors (Lipinski definition) is 2. The molecule has 0 aliphatic carbocycles. The minimum absolute atomic E-state index is 0.752. The van der Waals surface area contributed by atoms with Gasteiger partial charge in [0, 0.05) is 25.5 Å². The highest BCUT2D eigenvalue weighted by molar-refractivity contribution is 7.14. The van der Waals surface area contributed by atoms with Gasteiger partial charge in [-0.2, -0.15) is 0 Å². The maximum absolute atomic E-state index is 5.51. The third-order valence-corrected chi connectivity index (χ3v) is 3.12. The van der Waals surface area contributed by atoms with E-state index in [2.05, 4.69) is 5.10 Å². The zero-order valence-electron chi connectivity index (χ0n) is 11.2. The molecule has 1 heterocycles. The molecule has 0 fully saturated rings. The molecule has 6 heteroatoms. The van der Waals surface area contributed by atoms with Gasteiger partial charge in [-0.25, -0.2) is 0 Å². The third kappa shape index (κ3) is 4.21. The van der Waals surface area contributed by atoms with Crippen molar-refractivity contribution in [2.45, 2.75) is 6.92 Å². The van der Waals surface area contributed by atoms with Crippen LogP contribution in [-0.2, 0) is 7.05 Å². The monoisotopic (exact) mass is 266 g/mol. The van der Waals surface area contributed by atoms with Crippen LogP contribution < -0.4 is 21.0 Å². The number of nitrogens with two attached hydrogens (primary N) is 2. The van der Waals surface area contributed by atoms with Gasteiger partial charge in [0.15, 0.2) is 0 Å². The SMILES string of the molecule is CN(C)c1ccc(N)cc1.Cc1n[n+](C)c(N)s1. The molecule has 0 aliphatic heterocycles. The van der Waals surface area contributed by atoms with Crippen LogP contribution in [0.25, 0.3) is 0 Å². The molecule has 0 aliphatic rings. The first-order chi connectivity index (χ1) is 8.40. The molecular formula is C12H20N5S+. The van der Waals surface area contributed by atoms with E-state index in [0.29, 0.717) is 0 Å². The second-order valence-corrected chi connectivity index (χ2v) is 5.28. The number of aryl methyl sites for hydroxylation is 2. The van der Waals surface area contributed by atoms with Crippen molar-refractivity contribution in [2.24, 2.45) is 7.05 Å². The molecular weight excluding hydrogens is 246 g/mol. The molecule has 0 radical (unpaired) electrons. The van der Waals surface area contributed by atoms with Crippen molar-refractivity contribution in [1.82, 2.24) is 5.10 Å². The van der Waals surface area contributed by atoms with Gasteiger partial charge in [-0.3, -0.25) is 5.73 Å². The Morgan fingerprint density at radius 3 is 2.00 bits per heavy atom. The molecule has 18 heavy (non-hydrogen) atoms. The van der Waals surface area contributed by atoms with Gasteiger partial charge in [0.1, 0.15) is 12.1 Å². The van der Waals surface area contributed by atoms with E-state index >= 15 is 0 Å². The van der Waals surface area contributed by atoms with E-state index in [0.717, 1.165) is 15.8 Å². The maximum Gasteiger partial charge on any atom is 0.353 e. The number of nitrogens with zero attached hydrogens (tertiary/aromatic N) is 3. The van der Waals surface area contributed by atoms with Gasteiger partial charge in [-0.05, 0) is 42.5 Å². The second kappa shape index (κ2) is 6.20. The molecule has 0 saturated carbocycles. The molecule has 2 aromatic rings. The first-order valence-electron chi connectivity index (χ1n) is 5.52. The number of rotatable bonds is 1. The van der Waals surface area contributed by atoms with Crippen LogP contribution in [0.2, 0.25) is 0 Å². The lowest BCUT2D eigenvalue weighted by atomic mass is 10.3. The van der Waals surface area contributed by atoms with E-state index in [1.165, 1.54) is 17.0 Å². The summed E-state index contributed by atoms with van der Waals surface area (Å²) in [7, 11) is 5.84. The van der Waals surface area contributed by atoms with Crippen molar-refractivity contribution in [3.05, 3.63) is 29.3 Å². The number of hydrogen-bond acceptors (Lipinski definition) is 5. The lowest BCUT2D eigenvalue weighted by Gasteiger charge is -2.11. The summed E-state index contributed by atoms with van der Waals surface area (Å²) in [5.74, 6) is 0. The summed E-state index contributed by atoms with van der Waals surface area (Å²) in [6.45, 7) is 1.93. The fraction of sp³-hybridized carbons (Fsp3) is 0.333. The molecule has 4 N–H and O–H groups in total. The first kappa shape index (κ1) is 14.2. The van der Waals surface area contributed by atoms with Crippen molar-refractivity contribution in [1.29, 1.82) is 0 Å². The van der Waals surface area contributed by atoms with Crippen LogP contribution in [0.4, 0.5) is 16.5 Å². The molecule has 1 aromatic carbocycles. The summed E-state index contributed by atoms with van der Waals surface area (Å²) in [5, 5.41) is 5.78. The molecule has 5 nitrogen and oxygen atoms in total. The molecule has 0 saturated heterocycles. The Morgan fingerprint density at radius 1 is 1.17 bits per heavy atom. The van der Waals surface area contributed by atoms with Crippen LogP contribution in [0.5, 0.6) is 0 Å². The Balaban J connectivity index is 0.000000184. The molecule has 0 atom stereocenters. The lowest BCUT2D eigenvalue weighted by molar-refractivity contribution is -0.712. The van der Waals surface area contributed by atoms with E-state index in [1.807, 2.05) is 57.2 Å². The Labute approximate surface area is 112 Å². The predicted molar refractivity (Wildman–Crippen MR) is 77.6 cm³/mol. The van der Waals surface area contributed by atoms with Crippen LogP contribution in [0.1, 0.15) is 5.01 Å². The number of aromatic nitrogens is 2. The van der Waals surface area contributed by atoms with Crippen molar-refractivity contribution in [3.8, 4) is 0 Å². The standard InChI is InChI=1S/C8H12N2.C4H7N3S/c1-10(2)8-5-3-7(9)4-6-8;1-3-6-7(2)4(5)8-3/h3-6H,9H2,1-2H3;5H,1-2H3/p+1. The molecule has 0 unspecified atom stereocenters. The summed E-state index contributed by atoms with van der Waals surface area (Å²) >= 11 is 1.50. The van der Waals surface area contributed by atoms with E-state index in [1.54, 1.807) is 4.68 Å². The van der Waals surface area contributed by atoms with Gasteiger partial charge in [-0.15, -0.1) is 4.68 Å². The van der Waals surface area contributed by atoms with Crippen LogP contribution in [-0.4, -0.2) is 19.2 Å². The summed E-state index contributed by atoms with van der Waals surface area (Å²) in [6.07, 6.45) is 0. The van der Waals surface area contributed by atoms with Gasteiger partial charge in [0.25, 0.3) is 0 Å². The number of benzene rings is 1. The quantitative estimate of drug-likeness (QED) is 0.601. The van der Waals surface area contributed by atoms with Crippen LogP contribution >= 0.6 is 11.3 Å². The Kier molecular flexibility index (Phi) is 4.91. The van der Waals surface area contributed by atoms with Gasteiger partial charge < -0.3 is 10.6 Å². The average Bonchev–Trinajstić information content (AvgIpc) is 2.57. The molecule has 1 aromatic heterocycles. The van der Waals surface area contributed by atoms with Gasteiger partial charge in [0.05, 0.1) is 0 Å². The minimum Gasteiger partial charge on any atom is -0.399 e. The van der Waals surface area contributed by atoms with Crippen molar-refractivity contribution in [2.75, 3.05) is 30.5 Å². The van der Waals surface area contributed by atoms with Gasteiger partial charge >= 0.3 is 5.13 Å². The highest BCUT2D eigenvalue weighted by Gasteiger charge is 2.03. The highest BCUT2D eigenvalue weighted by Crippen LogP contribution is 2.12. The van der Waals surface area contributed by atoms with Crippen molar-refractivity contribution < 1.29 is 4.68 Å². The van der Waals surface area contributed by atoms with Crippen LogP contribution in [0.3, 0.4) is 0 Å². The van der Waals surface area contributed by atoms with E-state index in [4.69, 9.17) is 11.5 Å². The Morgan fingerprint density at radius 2 is 1.72 bits per heavy atom. The number of nitrogen functional groups attached to an aromatic ring is 2.